The van der Waals surface area contributed by atoms with Gasteiger partial charge in [-0.25, -0.2) is 9.59 Å². The highest BCUT2D eigenvalue weighted by molar-refractivity contribution is 7.99. The molecule has 99 heavy (non-hydrogen) atoms. The number of primary amides is 1. The number of thioether (sulfide) groups is 1. The number of rotatable bonds is 82. The largest absolute Gasteiger partial charge is 0.508 e. The predicted molar refractivity (Wildman–Crippen MR) is 381 cm³/mol. The van der Waals surface area contributed by atoms with Crippen LogP contribution in [0.15, 0.2) is 0 Å². The molecule has 0 spiro atoms. The Hall–Kier alpha value is -3.39. The molecule has 0 bridgehead atoms. The molecule has 0 radical (unpaired) electrons. The van der Waals surface area contributed by atoms with Crippen LogP contribution in [0.1, 0.15) is 213 Å². The zero-order valence-electron chi connectivity index (χ0n) is 61.4. The molecule has 0 aromatic rings. The molecule has 26 nitrogen and oxygen atoms in total. The van der Waals surface area contributed by atoms with Gasteiger partial charge in [-0.3, -0.25) is 19.2 Å². The Morgan fingerprint density at radius 1 is 0.354 bits per heavy atom. The van der Waals surface area contributed by atoms with Crippen LogP contribution in [-0.4, -0.2) is 255 Å². The van der Waals surface area contributed by atoms with Crippen LogP contribution in [0.3, 0.4) is 0 Å². The second-order valence-corrected chi connectivity index (χ2v) is 25.3. The summed E-state index contributed by atoms with van der Waals surface area (Å²) < 4.78 is 87.7. The van der Waals surface area contributed by atoms with E-state index in [2.05, 4.69) is 19.2 Å². The number of hydrogen-bond donors (Lipinski definition) is 4. The summed E-state index contributed by atoms with van der Waals surface area (Å²) in [6.07, 6.45) is 28.5. The van der Waals surface area contributed by atoms with Gasteiger partial charge in [-0.05, 0) is 32.1 Å². The first-order chi connectivity index (χ1) is 48.5. The number of hydrogen-bond acceptors (Lipinski definition) is 25. The Balaban J connectivity index is 4.06. The molecular weight excluding hydrogens is 1310 g/mol. The maximum Gasteiger partial charge on any atom is 0.508 e. The van der Waals surface area contributed by atoms with Crippen molar-refractivity contribution >= 4 is 47.5 Å². The van der Waals surface area contributed by atoms with Crippen molar-refractivity contribution in [2.45, 2.75) is 231 Å². The van der Waals surface area contributed by atoms with Crippen LogP contribution in [0.25, 0.3) is 0 Å². The molecule has 584 valence electrons. The van der Waals surface area contributed by atoms with E-state index in [4.69, 9.17) is 87.3 Å². The van der Waals surface area contributed by atoms with Gasteiger partial charge in [-0.1, -0.05) is 155 Å². The Labute approximate surface area is 599 Å². The summed E-state index contributed by atoms with van der Waals surface area (Å²) >= 11 is 1.30. The molecule has 0 saturated carbocycles. The van der Waals surface area contributed by atoms with Gasteiger partial charge in [0.15, 0.2) is 5.78 Å². The van der Waals surface area contributed by atoms with Crippen LogP contribution in [0.5, 0.6) is 0 Å². The van der Waals surface area contributed by atoms with Gasteiger partial charge in [-0.2, -0.15) is 11.8 Å². The van der Waals surface area contributed by atoms with Crippen molar-refractivity contribution in [2.75, 3.05) is 196 Å². The number of unbranched alkanes of at least 4 members (excludes halogenated alkanes) is 22. The summed E-state index contributed by atoms with van der Waals surface area (Å²) in [6, 6.07) is -2.13. The highest BCUT2D eigenvalue weighted by Gasteiger charge is 2.24. The lowest BCUT2D eigenvalue weighted by Gasteiger charge is -2.20. The molecule has 0 aliphatic carbocycles. The fourth-order valence-electron chi connectivity index (χ4n) is 9.58. The quantitative estimate of drug-likeness (QED) is 0.0325. The van der Waals surface area contributed by atoms with E-state index in [9.17, 15) is 33.9 Å². The summed E-state index contributed by atoms with van der Waals surface area (Å²) in [6.45, 7) is 14.3. The lowest BCUT2D eigenvalue weighted by Crippen LogP contribution is -2.50. The number of ketones is 2. The van der Waals surface area contributed by atoms with E-state index < -0.39 is 48.9 Å². The van der Waals surface area contributed by atoms with Crippen LogP contribution in [0.4, 0.5) is 9.59 Å². The number of carbonyl (C=O) groups is 6. The maximum atomic E-state index is 13.1. The van der Waals surface area contributed by atoms with Gasteiger partial charge in [-0.15, -0.1) is 0 Å². The number of nitrogens with two attached hydrogens (primary N) is 2. The van der Waals surface area contributed by atoms with Crippen LogP contribution < -0.4 is 16.8 Å². The van der Waals surface area contributed by atoms with E-state index in [0.29, 0.717) is 177 Å². The number of carbonyl (C=O) groups excluding carboxylic acids is 6. The number of aliphatic hydroxyl groups is 1. The summed E-state index contributed by atoms with van der Waals surface area (Å²) in [7, 11) is 0. The third kappa shape index (κ3) is 74.1. The molecule has 0 aliphatic rings. The molecule has 0 aromatic heterocycles. The predicted octanol–water partition coefficient (Wildman–Crippen LogP) is 10.2. The van der Waals surface area contributed by atoms with Crippen LogP contribution >= 0.6 is 11.8 Å². The van der Waals surface area contributed by atoms with Crippen molar-refractivity contribution in [3.8, 4) is 0 Å². The molecule has 0 fully saturated rings. The molecule has 27 heteroatoms. The maximum absolute atomic E-state index is 13.1. The highest BCUT2D eigenvalue weighted by Crippen LogP contribution is 2.17. The van der Waals surface area contributed by atoms with E-state index in [-0.39, 0.29) is 69.4 Å². The second-order valence-electron chi connectivity index (χ2n) is 24.3. The molecule has 3 atom stereocenters. The fourth-order valence-corrected chi connectivity index (χ4v) is 10.6. The first-order valence-electron chi connectivity index (χ1n) is 37.7. The van der Waals surface area contributed by atoms with E-state index in [1.807, 2.05) is 0 Å². The summed E-state index contributed by atoms with van der Waals surface area (Å²) in [5, 5.41) is 12.5. The zero-order chi connectivity index (χ0) is 72.1. The minimum Gasteiger partial charge on any atom is -0.434 e. The number of ether oxygens (including phenoxy) is 16. The van der Waals surface area contributed by atoms with Crippen LogP contribution in [0.2, 0.25) is 0 Å². The standard InChI is InChI=1S/C72H137N3O23S/c1-3-5-7-9-11-13-15-17-19-21-23-25-35-95-71(81)96-37-27-29-65(98-72(82)97-36-26-24-22-20-18-16-14-12-10-8-6-4-2)62-99-63-66(73)70(80)75-67(61-76)68(78)30-28-34-83-39-41-85-43-45-87-47-49-89-51-53-91-55-57-93-59-60-94-58-56-92-54-52-90-50-48-88-46-44-86-42-40-84-38-33-64(77)31-32-69(74)79/h65-67,76H,3-63,73H2,1-2H3,(H2,74,79)(H,75,80)/t65-,66+,67+/m1/s1. The minimum atomic E-state index is -1.12. The van der Waals surface area contributed by atoms with Gasteiger partial charge < -0.3 is 97.7 Å². The Morgan fingerprint density at radius 2 is 0.677 bits per heavy atom. The second kappa shape index (κ2) is 78.7. The van der Waals surface area contributed by atoms with Crippen molar-refractivity contribution in [2.24, 2.45) is 11.5 Å². The monoisotopic (exact) mass is 1440 g/mol. The molecule has 0 saturated heterocycles. The molecule has 0 aromatic carbocycles. The summed E-state index contributed by atoms with van der Waals surface area (Å²) in [5.74, 6) is -1.04. The van der Waals surface area contributed by atoms with Gasteiger partial charge >= 0.3 is 12.3 Å². The van der Waals surface area contributed by atoms with Crippen LogP contribution in [-0.2, 0) is 95.0 Å². The number of amides is 2. The smallest absolute Gasteiger partial charge is 0.434 e. The summed E-state index contributed by atoms with van der Waals surface area (Å²) in [4.78, 5) is 73.3. The van der Waals surface area contributed by atoms with E-state index in [1.165, 1.54) is 127 Å². The Kier molecular flexibility index (Phi) is 76.0. The Morgan fingerprint density at radius 3 is 1.03 bits per heavy atom. The van der Waals surface area contributed by atoms with Gasteiger partial charge in [0.25, 0.3) is 0 Å². The molecule has 0 rings (SSSR count). The van der Waals surface area contributed by atoms with Gasteiger partial charge in [0.05, 0.1) is 184 Å². The van der Waals surface area contributed by atoms with Crippen molar-refractivity contribution in [3.05, 3.63) is 0 Å². The van der Waals surface area contributed by atoms with Crippen molar-refractivity contribution in [3.63, 3.8) is 0 Å². The zero-order valence-corrected chi connectivity index (χ0v) is 62.2. The van der Waals surface area contributed by atoms with Gasteiger partial charge in [0.1, 0.15) is 17.9 Å². The lowest BCUT2D eigenvalue weighted by atomic mass is 10.1. The average molecular weight is 1440 g/mol. The topological polar surface area (TPSA) is 334 Å². The summed E-state index contributed by atoms with van der Waals surface area (Å²) in [5.41, 5.74) is 11.3. The first kappa shape index (κ1) is 95.6. The average Bonchev–Trinajstić information content (AvgIpc) is 1.14. The van der Waals surface area contributed by atoms with Gasteiger partial charge in [0, 0.05) is 43.8 Å². The van der Waals surface area contributed by atoms with Crippen molar-refractivity contribution in [1.29, 1.82) is 0 Å². The number of aliphatic hydroxyl groups excluding tert-OH is 1. The lowest BCUT2D eigenvalue weighted by molar-refractivity contribution is -0.129. The fraction of sp³-hybridized carbons (Fsp3) is 0.917. The van der Waals surface area contributed by atoms with E-state index >= 15 is 0 Å². The van der Waals surface area contributed by atoms with E-state index in [1.54, 1.807) is 0 Å². The molecule has 6 N–H and O–H groups in total. The molecular formula is C72H137N3O23S. The highest BCUT2D eigenvalue weighted by atomic mass is 32.2. The SMILES string of the molecule is CCCCCCCCCCCCCCOC(=O)OCCC[C@H](CSC[C@H](N)C(=O)N[C@@H](CO)C(=O)CCCOCCOCCOCCOCCOCCOCCOCCOCCOCCOCCOCCOCCC(=O)CCC(N)=O)OC(=O)OCCCCCCCCCCCCCC. The van der Waals surface area contributed by atoms with Crippen LogP contribution in [0, 0.1) is 0 Å². The van der Waals surface area contributed by atoms with Crippen molar-refractivity contribution in [1.82, 2.24) is 5.32 Å². The minimum absolute atomic E-state index is 0.0499. The molecule has 0 aliphatic heterocycles. The normalized spacial score (nSPS) is 12.4. The Bertz CT molecular complexity index is 1800. The number of nitrogens with one attached hydrogen (secondary N) is 1. The number of Topliss-reactive ketones (excluding diaryl/α,β-unsaturated/α-hetero) is 2. The third-order valence-corrected chi connectivity index (χ3v) is 16.6. The third-order valence-electron chi connectivity index (χ3n) is 15.4. The molecule has 0 heterocycles. The van der Waals surface area contributed by atoms with Gasteiger partial charge in [0.2, 0.25) is 11.8 Å². The molecule has 2 amide bonds. The van der Waals surface area contributed by atoms with E-state index in [0.717, 1.165) is 38.5 Å². The first-order valence-corrected chi connectivity index (χ1v) is 38.8. The molecule has 0 unspecified atom stereocenters. The van der Waals surface area contributed by atoms with Crippen molar-refractivity contribution < 1.29 is 110 Å².